The van der Waals surface area contributed by atoms with Gasteiger partial charge in [0.2, 0.25) is 0 Å². The maximum atomic E-state index is 12.1. The number of alkyl carbamates (subject to hydrolysis) is 1. The zero-order valence-electron chi connectivity index (χ0n) is 20.0. The normalized spacial score (nSPS) is 20.3. The Balaban J connectivity index is 1.51. The lowest BCUT2D eigenvalue weighted by atomic mass is 10.1. The summed E-state index contributed by atoms with van der Waals surface area (Å²) in [4.78, 5) is 21.6. The zero-order valence-corrected chi connectivity index (χ0v) is 20.0. The van der Waals surface area contributed by atoms with Crippen LogP contribution in [0.25, 0.3) is 0 Å². The van der Waals surface area contributed by atoms with Gasteiger partial charge in [0.25, 0.3) is 0 Å². The number of carbonyl (C=O) groups excluding carboxylic acids is 1. The number of hydrogen-bond acceptors (Lipinski definition) is 5. The van der Waals surface area contributed by atoms with Crippen LogP contribution in [0.5, 0.6) is 0 Å². The summed E-state index contributed by atoms with van der Waals surface area (Å²) >= 11 is 0. The molecule has 8 nitrogen and oxygen atoms in total. The van der Waals surface area contributed by atoms with Crippen LogP contribution in [-0.2, 0) is 22.6 Å². The highest BCUT2D eigenvalue weighted by Crippen LogP contribution is 2.14. The molecule has 1 unspecified atom stereocenters. The van der Waals surface area contributed by atoms with Crippen molar-refractivity contribution < 1.29 is 14.3 Å². The minimum atomic E-state index is -0.490. The van der Waals surface area contributed by atoms with Crippen LogP contribution in [-0.4, -0.2) is 79.4 Å². The van der Waals surface area contributed by atoms with E-state index >= 15 is 0 Å². The van der Waals surface area contributed by atoms with Crippen molar-refractivity contribution in [2.45, 2.75) is 58.8 Å². The quantitative estimate of drug-likeness (QED) is 0.518. The summed E-state index contributed by atoms with van der Waals surface area (Å²) in [5, 5.41) is 6.36. The van der Waals surface area contributed by atoms with Gasteiger partial charge in [-0.25, -0.2) is 9.79 Å². The molecule has 2 aliphatic heterocycles. The van der Waals surface area contributed by atoms with Crippen LogP contribution in [0.3, 0.4) is 0 Å². The molecule has 2 saturated heterocycles. The molecule has 32 heavy (non-hydrogen) atoms. The summed E-state index contributed by atoms with van der Waals surface area (Å²) in [5.41, 5.74) is 2.02. The molecule has 8 heteroatoms. The van der Waals surface area contributed by atoms with Gasteiger partial charge in [-0.15, -0.1) is 0 Å². The van der Waals surface area contributed by atoms with Crippen molar-refractivity contribution in [1.29, 1.82) is 0 Å². The number of nitrogens with one attached hydrogen (secondary N) is 2. The van der Waals surface area contributed by atoms with Gasteiger partial charge in [-0.2, -0.15) is 0 Å². The van der Waals surface area contributed by atoms with E-state index in [1.807, 2.05) is 20.8 Å². The molecule has 1 atom stereocenters. The second kappa shape index (κ2) is 11.5. The second-order valence-electron chi connectivity index (χ2n) is 9.45. The highest BCUT2D eigenvalue weighted by Gasteiger charge is 2.27. The van der Waals surface area contributed by atoms with E-state index in [1.165, 1.54) is 11.1 Å². The number of ether oxygens (including phenoxy) is 2. The van der Waals surface area contributed by atoms with E-state index in [-0.39, 0.29) is 12.1 Å². The molecular formula is C24H39N5O3. The standard InChI is InChI=1S/C24H39N5O3/c1-5-25-22(29-11-10-21(18-29)27-23(30)32-24(2,3)4)26-16-19-6-8-20(9-7-19)17-28-12-14-31-15-13-28/h6-9,21H,5,10-18H2,1-4H3,(H,25,26)(H,27,30). The van der Waals surface area contributed by atoms with Crippen LogP contribution in [0, 0.1) is 0 Å². The Morgan fingerprint density at radius 2 is 1.84 bits per heavy atom. The number of benzene rings is 1. The topological polar surface area (TPSA) is 78.4 Å². The Labute approximate surface area is 192 Å². The van der Waals surface area contributed by atoms with E-state index in [2.05, 4.69) is 51.6 Å². The molecule has 1 amide bonds. The van der Waals surface area contributed by atoms with E-state index in [9.17, 15) is 4.79 Å². The highest BCUT2D eigenvalue weighted by molar-refractivity contribution is 5.80. The summed E-state index contributed by atoms with van der Waals surface area (Å²) in [7, 11) is 0. The molecule has 178 valence electrons. The third-order valence-electron chi connectivity index (χ3n) is 5.49. The Bertz CT molecular complexity index is 754. The van der Waals surface area contributed by atoms with Gasteiger partial charge in [0.1, 0.15) is 5.60 Å². The van der Waals surface area contributed by atoms with Crippen LogP contribution < -0.4 is 10.6 Å². The third-order valence-corrected chi connectivity index (χ3v) is 5.49. The minimum absolute atomic E-state index is 0.0631. The highest BCUT2D eigenvalue weighted by atomic mass is 16.6. The first kappa shape index (κ1) is 24.3. The summed E-state index contributed by atoms with van der Waals surface area (Å²) < 4.78 is 10.8. The molecule has 1 aromatic carbocycles. The summed E-state index contributed by atoms with van der Waals surface area (Å²) in [5.74, 6) is 0.887. The second-order valence-corrected chi connectivity index (χ2v) is 9.45. The number of likely N-dealkylation sites (tertiary alicyclic amines) is 1. The molecule has 2 aliphatic rings. The van der Waals surface area contributed by atoms with Gasteiger partial charge < -0.3 is 25.0 Å². The maximum Gasteiger partial charge on any atom is 0.407 e. The molecule has 2 fully saturated rings. The van der Waals surface area contributed by atoms with Crippen molar-refractivity contribution in [1.82, 2.24) is 20.4 Å². The molecule has 0 saturated carbocycles. The number of aliphatic imine (C=N–C) groups is 1. The SMILES string of the molecule is CCNC(=NCc1ccc(CN2CCOCC2)cc1)N1CCC(NC(=O)OC(C)(C)C)C1. The van der Waals surface area contributed by atoms with Crippen molar-refractivity contribution in [3.05, 3.63) is 35.4 Å². The number of carbonyl (C=O) groups is 1. The summed E-state index contributed by atoms with van der Waals surface area (Å²) in [6.45, 7) is 15.3. The molecular weight excluding hydrogens is 406 g/mol. The van der Waals surface area contributed by atoms with Gasteiger partial charge >= 0.3 is 6.09 Å². The number of amides is 1. The predicted octanol–water partition coefficient (Wildman–Crippen LogP) is 2.58. The van der Waals surface area contributed by atoms with Crippen LogP contribution in [0.15, 0.2) is 29.3 Å². The molecule has 0 aromatic heterocycles. The van der Waals surface area contributed by atoms with Crippen molar-refractivity contribution in [3.63, 3.8) is 0 Å². The van der Waals surface area contributed by atoms with Gasteiger partial charge in [-0.3, -0.25) is 4.90 Å². The lowest BCUT2D eigenvalue weighted by Crippen LogP contribution is -2.44. The van der Waals surface area contributed by atoms with E-state index in [0.717, 1.165) is 64.9 Å². The zero-order chi connectivity index (χ0) is 23.0. The van der Waals surface area contributed by atoms with Crippen molar-refractivity contribution in [3.8, 4) is 0 Å². The molecule has 0 bridgehead atoms. The molecule has 0 spiro atoms. The molecule has 0 radical (unpaired) electrons. The van der Waals surface area contributed by atoms with Gasteiger partial charge in [-0.1, -0.05) is 24.3 Å². The Morgan fingerprint density at radius 3 is 2.50 bits per heavy atom. The molecule has 2 N–H and O–H groups in total. The monoisotopic (exact) mass is 445 g/mol. The molecule has 1 aromatic rings. The van der Waals surface area contributed by atoms with Crippen LogP contribution in [0.4, 0.5) is 4.79 Å². The van der Waals surface area contributed by atoms with Gasteiger partial charge in [-0.05, 0) is 45.2 Å². The van der Waals surface area contributed by atoms with Crippen molar-refractivity contribution in [2.24, 2.45) is 4.99 Å². The molecule has 2 heterocycles. The maximum absolute atomic E-state index is 12.1. The van der Waals surface area contributed by atoms with Crippen LogP contribution in [0.2, 0.25) is 0 Å². The van der Waals surface area contributed by atoms with Crippen molar-refractivity contribution >= 4 is 12.1 Å². The number of guanidine groups is 1. The Hall–Kier alpha value is -2.32. The smallest absolute Gasteiger partial charge is 0.407 e. The first-order chi connectivity index (χ1) is 15.3. The van der Waals surface area contributed by atoms with E-state index < -0.39 is 5.60 Å². The average molecular weight is 446 g/mol. The van der Waals surface area contributed by atoms with E-state index in [4.69, 9.17) is 14.5 Å². The fourth-order valence-electron chi connectivity index (χ4n) is 3.90. The molecule has 0 aliphatic carbocycles. The summed E-state index contributed by atoms with van der Waals surface area (Å²) in [6.07, 6.45) is 0.517. The van der Waals surface area contributed by atoms with Gasteiger partial charge in [0.15, 0.2) is 5.96 Å². The van der Waals surface area contributed by atoms with Crippen LogP contribution in [0.1, 0.15) is 45.2 Å². The van der Waals surface area contributed by atoms with E-state index in [1.54, 1.807) is 0 Å². The van der Waals surface area contributed by atoms with Crippen LogP contribution >= 0.6 is 0 Å². The number of nitrogens with zero attached hydrogens (tertiary/aromatic N) is 3. The lowest BCUT2D eigenvalue weighted by molar-refractivity contribution is 0.0342. The summed E-state index contributed by atoms with van der Waals surface area (Å²) in [6, 6.07) is 8.79. The van der Waals surface area contributed by atoms with Gasteiger partial charge in [0, 0.05) is 39.3 Å². The number of hydrogen-bond donors (Lipinski definition) is 2. The lowest BCUT2D eigenvalue weighted by Gasteiger charge is -2.26. The first-order valence-corrected chi connectivity index (χ1v) is 11.7. The first-order valence-electron chi connectivity index (χ1n) is 11.7. The van der Waals surface area contributed by atoms with E-state index in [0.29, 0.717) is 6.54 Å². The Morgan fingerprint density at radius 1 is 1.16 bits per heavy atom. The predicted molar refractivity (Wildman–Crippen MR) is 127 cm³/mol. The average Bonchev–Trinajstić information content (AvgIpc) is 3.19. The minimum Gasteiger partial charge on any atom is -0.444 e. The third kappa shape index (κ3) is 7.98. The molecule has 3 rings (SSSR count). The van der Waals surface area contributed by atoms with Gasteiger partial charge in [0.05, 0.1) is 25.8 Å². The Kier molecular flexibility index (Phi) is 8.75. The number of rotatable bonds is 6. The van der Waals surface area contributed by atoms with Crippen molar-refractivity contribution in [2.75, 3.05) is 45.9 Å². The fourth-order valence-corrected chi connectivity index (χ4v) is 3.90. The fraction of sp³-hybridized carbons (Fsp3) is 0.667. The number of morpholine rings is 1. The largest absolute Gasteiger partial charge is 0.444 e.